The number of nitrogens with one attached hydrogen (secondary N) is 1. The molecule has 0 aliphatic heterocycles. The molecule has 4 heteroatoms. The van der Waals surface area contributed by atoms with E-state index in [2.05, 4.69) is 24.1 Å². The number of hydrogen-bond donors (Lipinski definition) is 1. The fourth-order valence-corrected chi connectivity index (χ4v) is 2.19. The Bertz CT molecular complexity index is 374. The normalized spacial score (nSPS) is 12.5. The van der Waals surface area contributed by atoms with Crippen molar-refractivity contribution in [2.45, 2.75) is 33.2 Å². The first-order chi connectivity index (χ1) is 8.63. The van der Waals surface area contributed by atoms with Crippen LogP contribution in [0.5, 0.6) is 5.75 Å². The molecule has 0 fully saturated rings. The summed E-state index contributed by atoms with van der Waals surface area (Å²) in [7, 11) is 3.43. The van der Waals surface area contributed by atoms with Gasteiger partial charge in [-0.05, 0) is 20.4 Å². The summed E-state index contributed by atoms with van der Waals surface area (Å²) < 4.78 is 10.7. The highest BCUT2D eigenvalue weighted by molar-refractivity contribution is 5.41. The van der Waals surface area contributed by atoms with Gasteiger partial charge in [0.1, 0.15) is 5.75 Å². The maximum Gasteiger partial charge on any atom is 0.128 e. The predicted molar refractivity (Wildman–Crippen MR) is 73.3 cm³/mol. The lowest BCUT2D eigenvalue weighted by molar-refractivity contribution is 0.166. The number of aryl methyl sites for hydroxylation is 1. The molecule has 4 nitrogen and oxygen atoms in total. The number of pyridine rings is 1. The highest BCUT2D eigenvalue weighted by Gasteiger charge is 2.14. The zero-order chi connectivity index (χ0) is 13.5. The van der Waals surface area contributed by atoms with Crippen LogP contribution in [0.15, 0.2) is 6.20 Å². The lowest BCUT2D eigenvalue weighted by Crippen LogP contribution is -2.35. The van der Waals surface area contributed by atoms with E-state index in [0.717, 1.165) is 35.5 Å². The van der Waals surface area contributed by atoms with Gasteiger partial charge in [-0.3, -0.25) is 4.98 Å². The van der Waals surface area contributed by atoms with Crippen LogP contribution in [-0.4, -0.2) is 38.4 Å². The molecule has 1 aromatic rings. The monoisotopic (exact) mass is 252 g/mol. The van der Waals surface area contributed by atoms with Crippen molar-refractivity contribution < 1.29 is 9.47 Å². The molecule has 0 aromatic carbocycles. The molecule has 102 valence electrons. The van der Waals surface area contributed by atoms with Crippen LogP contribution in [0, 0.1) is 13.8 Å². The quantitative estimate of drug-likeness (QED) is 0.804. The van der Waals surface area contributed by atoms with E-state index in [0.29, 0.717) is 12.6 Å². The Kier molecular flexibility index (Phi) is 6.09. The van der Waals surface area contributed by atoms with Crippen LogP contribution in [0.4, 0.5) is 0 Å². The van der Waals surface area contributed by atoms with E-state index in [4.69, 9.17) is 9.47 Å². The Morgan fingerprint density at radius 2 is 2.06 bits per heavy atom. The van der Waals surface area contributed by atoms with Crippen molar-refractivity contribution in [2.75, 3.05) is 27.4 Å². The van der Waals surface area contributed by atoms with E-state index < -0.39 is 0 Å². The third-order valence-corrected chi connectivity index (χ3v) is 3.05. The van der Waals surface area contributed by atoms with E-state index in [9.17, 15) is 0 Å². The van der Waals surface area contributed by atoms with Crippen LogP contribution < -0.4 is 10.1 Å². The van der Waals surface area contributed by atoms with Crippen molar-refractivity contribution >= 4 is 0 Å². The third-order valence-electron chi connectivity index (χ3n) is 3.05. The maximum absolute atomic E-state index is 5.43. The Labute approximate surface area is 110 Å². The summed E-state index contributed by atoms with van der Waals surface area (Å²) >= 11 is 0. The Hall–Kier alpha value is -1.13. The molecule has 18 heavy (non-hydrogen) atoms. The maximum atomic E-state index is 5.43. The van der Waals surface area contributed by atoms with Crippen LogP contribution in [0.2, 0.25) is 0 Å². The lowest BCUT2D eigenvalue weighted by atomic mass is 10.0. The molecular weight excluding hydrogens is 228 g/mol. The molecule has 1 unspecified atom stereocenters. The van der Waals surface area contributed by atoms with Crippen molar-refractivity contribution in [1.82, 2.24) is 10.3 Å². The largest absolute Gasteiger partial charge is 0.496 e. The smallest absolute Gasteiger partial charge is 0.128 e. The first kappa shape index (κ1) is 14.9. The zero-order valence-corrected chi connectivity index (χ0v) is 12.0. The standard InChI is InChI=1S/C14H24N2O2/c1-6-15-12(9-17-4)7-13-11(3)14(18-5)10(2)8-16-13/h8,12,15H,6-7,9H2,1-5H3. The molecule has 0 amide bonds. The first-order valence-corrected chi connectivity index (χ1v) is 6.35. The van der Waals surface area contributed by atoms with Gasteiger partial charge in [-0.1, -0.05) is 6.92 Å². The fourth-order valence-electron chi connectivity index (χ4n) is 2.19. The minimum absolute atomic E-state index is 0.290. The number of hydrogen-bond acceptors (Lipinski definition) is 4. The SMILES string of the molecule is CCNC(COC)Cc1ncc(C)c(OC)c1C. The molecule has 1 aromatic heterocycles. The summed E-state index contributed by atoms with van der Waals surface area (Å²) in [5.74, 6) is 0.938. The average Bonchev–Trinajstić information content (AvgIpc) is 2.34. The Morgan fingerprint density at radius 1 is 1.33 bits per heavy atom. The van der Waals surface area contributed by atoms with Crippen LogP contribution >= 0.6 is 0 Å². The number of rotatable bonds is 7. The third kappa shape index (κ3) is 3.68. The Balaban J connectivity index is 2.88. The van der Waals surface area contributed by atoms with Crippen LogP contribution in [0.1, 0.15) is 23.7 Å². The summed E-state index contributed by atoms with van der Waals surface area (Å²) in [5, 5.41) is 3.41. The van der Waals surface area contributed by atoms with Gasteiger partial charge in [0, 0.05) is 42.6 Å². The van der Waals surface area contributed by atoms with Crippen molar-refractivity contribution in [3.05, 3.63) is 23.0 Å². The topological polar surface area (TPSA) is 43.4 Å². The predicted octanol–water partition coefficient (Wildman–Crippen LogP) is 1.87. The van der Waals surface area contributed by atoms with E-state index >= 15 is 0 Å². The van der Waals surface area contributed by atoms with Gasteiger partial charge in [0.15, 0.2) is 0 Å². The van der Waals surface area contributed by atoms with Gasteiger partial charge in [-0.15, -0.1) is 0 Å². The van der Waals surface area contributed by atoms with E-state index in [-0.39, 0.29) is 0 Å². The fraction of sp³-hybridized carbons (Fsp3) is 0.643. The summed E-state index contributed by atoms with van der Waals surface area (Å²) in [6.45, 7) is 7.78. The van der Waals surface area contributed by atoms with Gasteiger partial charge in [-0.2, -0.15) is 0 Å². The van der Waals surface area contributed by atoms with Crippen molar-refractivity contribution in [3.8, 4) is 5.75 Å². The van der Waals surface area contributed by atoms with Gasteiger partial charge in [0.05, 0.1) is 13.7 Å². The zero-order valence-electron chi connectivity index (χ0n) is 12.0. The molecule has 1 rings (SSSR count). The highest BCUT2D eigenvalue weighted by atomic mass is 16.5. The number of aromatic nitrogens is 1. The number of ether oxygens (including phenoxy) is 2. The van der Waals surface area contributed by atoms with Gasteiger partial charge >= 0.3 is 0 Å². The number of nitrogens with zero attached hydrogens (tertiary/aromatic N) is 1. The van der Waals surface area contributed by atoms with Crippen LogP contribution in [-0.2, 0) is 11.2 Å². The summed E-state index contributed by atoms with van der Waals surface area (Å²) in [4.78, 5) is 4.52. The molecule has 0 bridgehead atoms. The van der Waals surface area contributed by atoms with E-state index in [1.807, 2.05) is 13.1 Å². The lowest BCUT2D eigenvalue weighted by Gasteiger charge is -2.19. The molecule has 0 saturated carbocycles. The molecule has 0 aliphatic rings. The van der Waals surface area contributed by atoms with Crippen molar-refractivity contribution in [1.29, 1.82) is 0 Å². The molecule has 1 atom stereocenters. The second-order valence-corrected chi connectivity index (χ2v) is 4.46. The van der Waals surface area contributed by atoms with Gasteiger partial charge in [-0.25, -0.2) is 0 Å². The molecule has 0 spiro atoms. The van der Waals surface area contributed by atoms with E-state index in [1.165, 1.54) is 0 Å². The molecule has 1 N–H and O–H groups in total. The summed E-state index contributed by atoms with van der Waals surface area (Å²) in [5.41, 5.74) is 3.27. The van der Waals surface area contributed by atoms with Gasteiger partial charge in [0.25, 0.3) is 0 Å². The van der Waals surface area contributed by atoms with Crippen molar-refractivity contribution in [2.24, 2.45) is 0 Å². The minimum atomic E-state index is 0.290. The van der Waals surface area contributed by atoms with Crippen LogP contribution in [0.25, 0.3) is 0 Å². The number of methoxy groups -OCH3 is 2. The molecular formula is C14H24N2O2. The highest BCUT2D eigenvalue weighted by Crippen LogP contribution is 2.24. The molecule has 0 radical (unpaired) electrons. The van der Waals surface area contributed by atoms with Gasteiger partial charge < -0.3 is 14.8 Å². The van der Waals surface area contributed by atoms with Crippen LogP contribution in [0.3, 0.4) is 0 Å². The average molecular weight is 252 g/mol. The second-order valence-electron chi connectivity index (χ2n) is 4.46. The minimum Gasteiger partial charge on any atom is -0.496 e. The Morgan fingerprint density at radius 3 is 2.61 bits per heavy atom. The summed E-state index contributed by atoms with van der Waals surface area (Å²) in [6, 6.07) is 0.290. The van der Waals surface area contributed by atoms with E-state index in [1.54, 1.807) is 14.2 Å². The molecule has 1 heterocycles. The first-order valence-electron chi connectivity index (χ1n) is 6.35. The van der Waals surface area contributed by atoms with Gasteiger partial charge in [0.2, 0.25) is 0 Å². The van der Waals surface area contributed by atoms with Crippen molar-refractivity contribution in [3.63, 3.8) is 0 Å². The second kappa shape index (κ2) is 7.34. The number of likely N-dealkylation sites (N-methyl/N-ethyl adjacent to an activating group) is 1. The molecule has 0 aliphatic carbocycles. The molecule has 0 saturated heterocycles. The summed E-state index contributed by atoms with van der Waals surface area (Å²) in [6.07, 6.45) is 2.72.